The molecule has 0 radical (unpaired) electrons. The topological polar surface area (TPSA) is 38.9 Å². The molecule has 0 fully saturated rings. The van der Waals surface area contributed by atoms with Crippen molar-refractivity contribution in [3.63, 3.8) is 0 Å². The van der Waals surface area contributed by atoms with Gasteiger partial charge in [-0.1, -0.05) is 140 Å². The van der Waals surface area contributed by atoms with Crippen molar-refractivity contribution in [2.75, 3.05) is 0 Å². The van der Waals surface area contributed by atoms with Crippen LogP contribution in [0.15, 0.2) is 162 Å². The lowest BCUT2D eigenvalue weighted by Crippen LogP contribution is -1.95. The summed E-state index contributed by atoms with van der Waals surface area (Å²) in [6.07, 6.45) is 0. The van der Waals surface area contributed by atoms with Crippen molar-refractivity contribution in [1.29, 1.82) is 0 Å². The zero-order valence-electron chi connectivity index (χ0n) is 23.3. The van der Waals surface area contributed by atoms with Gasteiger partial charge in [-0.15, -0.1) is 0 Å². The third kappa shape index (κ3) is 4.67. The minimum absolute atomic E-state index is 0.706. The van der Waals surface area contributed by atoms with Crippen molar-refractivity contribution in [2.24, 2.45) is 0 Å². The maximum absolute atomic E-state index is 6.32. The van der Waals surface area contributed by atoms with Crippen LogP contribution in [0.1, 0.15) is 0 Å². The number of hydrogen-bond donors (Lipinski definition) is 0. The summed E-state index contributed by atoms with van der Waals surface area (Å²) in [5.74, 6) is 0.706. The van der Waals surface area contributed by atoms with Gasteiger partial charge in [0.05, 0.1) is 11.4 Å². The first-order valence-electron chi connectivity index (χ1n) is 14.4. The minimum Gasteiger partial charge on any atom is -0.455 e. The van der Waals surface area contributed by atoms with Crippen molar-refractivity contribution in [3.05, 3.63) is 158 Å². The number of fused-ring (bicyclic) bond motifs is 3. The van der Waals surface area contributed by atoms with Crippen LogP contribution in [-0.2, 0) is 0 Å². The fourth-order valence-corrected chi connectivity index (χ4v) is 5.74. The van der Waals surface area contributed by atoms with Crippen LogP contribution in [0.4, 0.5) is 0 Å². The minimum atomic E-state index is 0.706. The van der Waals surface area contributed by atoms with Crippen LogP contribution < -0.4 is 0 Å². The van der Waals surface area contributed by atoms with E-state index >= 15 is 0 Å². The van der Waals surface area contributed by atoms with Crippen LogP contribution >= 0.6 is 0 Å². The number of hydrogen-bond acceptors (Lipinski definition) is 3. The molecule has 0 N–H and O–H groups in total. The molecule has 202 valence electrons. The molecule has 0 unspecified atom stereocenters. The molecule has 0 aliphatic rings. The van der Waals surface area contributed by atoms with Gasteiger partial charge in [-0.25, -0.2) is 9.97 Å². The highest BCUT2D eigenvalue weighted by atomic mass is 16.3. The molecule has 0 saturated carbocycles. The number of furan rings is 1. The summed E-state index contributed by atoms with van der Waals surface area (Å²) in [7, 11) is 0. The van der Waals surface area contributed by atoms with Crippen molar-refractivity contribution in [1.82, 2.24) is 9.97 Å². The van der Waals surface area contributed by atoms with Crippen molar-refractivity contribution in [2.45, 2.75) is 0 Å². The molecule has 0 aliphatic carbocycles. The van der Waals surface area contributed by atoms with E-state index in [0.29, 0.717) is 5.82 Å². The quantitative estimate of drug-likeness (QED) is 0.214. The van der Waals surface area contributed by atoms with Gasteiger partial charge < -0.3 is 4.42 Å². The van der Waals surface area contributed by atoms with Gasteiger partial charge in [0.15, 0.2) is 5.82 Å². The summed E-state index contributed by atoms with van der Waals surface area (Å²) < 4.78 is 6.32. The van der Waals surface area contributed by atoms with Gasteiger partial charge in [0.2, 0.25) is 0 Å². The summed E-state index contributed by atoms with van der Waals surface area (Å²) in [4.78, 5) is 9.96. The first-order valence-corrected chi connectivity index (χ1v) is 14.4. The van der Waals surface area contributed by atoms with E-state index in [1.165, 1.54) is 0 Å². The standard InChI is InChI=1S/C40H26N2O/c1-3-11-28(12-4-1)36-26-37(29-13-5-2-6-14-29)42-40(41-36)30-23-21-27(22-24-30)31-15-9-16-32(25-31)33-18-10-19-35-34-17-7-8-20-38(34)43-39(33)35/h1-26H. The van der Waals surface area contributed by atoms with Crippen LogP contribution in [0.3, 0.4) is 0 Å². The summed E-state index contributed by atoms with van der Waals surface area (Å²) in [5, 5.41) is 2.27. The number of aromatic nitrogens is 2. The average molecular weight is 551 g/mol. The molecule has 0 spiro atoms. The predicted molar refractivity (Wildman–Crippen MR) is 176 cm³/mol. The predicted octanol–water partition coefficient (Wildman–Crippen LogP) is 10.7. The van der Waals surface area contributed by atoms with Gasteiger partial charge in [-0.2, -0.15) is 0 Å². The van der Waals surface area contributed by atoms with E-state index in [2.05, 4.69) is 109 Å². The Bertz CT molecular complexity index is 2160. The van der Waals surface area contributed by atoms with Crippen LogP contribution in [0.2, 0.25) is 0 Å². The van der Waals surface area contributed by atoms with Crippen molar-refractivity contribution >= 4 is 21.9 Å². The monoisotopic (exact) mass is 550 g/mol. The summed E-state index contributed by atoms with van der Waals surface area (Å²) in [6.45, 7) is 0. The molecular weight excluding hydrogens is 524 g/mol. The molecular formula is C40H26N2O. The maximum Gasteiger partial charge on any atom is 0.160 e. The zero-order valence-corrected chi connectivity index (χ0v) is 23.3. The Hall–Kier alpha value is -5.80. The highest BCUT2D eigenvalue weighted by Gasteiger charge is 2.14. The third-order valence-electron chi connectivity index (χ3n) is 7.92. The largest absolute Gasteiger partial charge is 0.455 e. The first-order chi connectivity index (χ1) is 21.3. The fraction of sp³-hybridized carbons (Fsp3) is 0. The number of benzene rings is 6. The van der Waals surface area contributed by atoms with E-state index in [1.54, 1.807) is 0 Å². The smallest absolute Gasteiger partial charge is 0.160 e. The second kappa shape index (κ2) is 10.6. The van der Waals surface area contributed by atoms with Gasteiger partial charge in [0.25, 0.3) is 0 Å². The molecule has 3 heteroatoms. The van der Waals surface area contributed by atoms with E-state index in [9.17, 15) is 0 Å². The Morgan fingerprint density at radius 2 is 0.930 bits per heavy atom. The zero-order chi connectivity index (χ0) is 28.6. The van der Waals surface area contributed by atoms with Gasteiger partial charge in [0.1, 0.15) is 11.2 Å². The lowest BCUT2D eigenvalue weighted by atomic mass is 9.97. The maximum atomic E-state index is 6.32. The Kier molecular flexibility index (Phi) is 6.12. The second-order valence-electron chi connectivity index (χ2n) is 10.6. The molecule has 8 rings (SSSR count). The van der Waals surface area contributed by atoms with Crippen LogP contribution in [0.25, 0.3) is 78.1 Å². The molecule has 3 nitrogen and oxygen atoms in total. The van der Waals surface area contributed by atoms with E-state index in [4.69, 9.17) is 14.4 Å². The summed E-state index contributed by atoms with van der Waals surface area (Å²) in [5.41, 5.74) is 11.2. The number of nitrogens with zero attached hydrogens (tertiary/aromatic N) is 2. The molecule has 43 heavy (non-hydrogen) atoms. The Morgan fingerprint density at radius 1 is 0.372 bits per heavy atom. The molecule has 0 amide bonds. The molecule has 0 atom stereocenters. The molecule has 8 aromatic rings. The lowest BCUT2D eigenvalue weighted by molar-refractivity contribution is 0.670. The molecule has 2 aromatic heterocycles. The third-order valence-corrected chi connectivity index (χ3v) is 7.92. The number of para-hydroxylation sites is 2. The van der Waals surface area contributed by atoms with Gasteiger partial charge >= 0.3 is 0 Å². The van der Waals surface area contributed by atoms with E-state index in [-0.39, 0.29) is 0 Å². The second-order valence-corrected chi connectivity index (χ2v) is 10.6. The number of rotatable bonds is 5. The molecule has 0 bridgehead atoms. The molecule has 0 saturated heterocycles. The van der Waals surface area contributed by atoms with Crippen LogP contribution in [0, 0.1) is 0 Å². The average Bonchev–Trinajstić information content (AvgIpc) is 3.48. The van der Waals surface area contributed by atoms with E-state index in [1.807, 2.05) is 48.5 Å². The summed E-state index contributed by atoms with van der Waals surface area (Å²) >= 11 is 0. The van der Waals surface area contributed by atoms with E-state index in [0.717, 1.165) is 72.3 Å². The Labute approximate surface area is 249 Å². The highest BCUT2D eigenvalue weighted by Crippen LogP contribution is 2.37. The van der Waals surface area contributed by atoms with Gasteiger partial charge in [0, 0.05) is 33.0 Å². The van der Waals surface area contributed by atoms with Gasteiger partial charge in [-0.3, -0.25) is 0 Å². The molecule has 6 aromatic carbocycles. The molecule has 2 heterocycles. The lowest BCUT2D eigenvalue weighted by Gasteiger charge is -2.10. The van der Waals surface area contributed by atoms with Crippen molar-refractivity contribution in [3.8, 4) is 56.2 Å². The van der Waals surface area contributed by atoms with Crippen LogP contribution in [0.5, 0.6) is 0 Å². The first kappa shape index (κ1) is 25.0. The Morgan fingerprint density at radius 3 is 1.65 bits per heavy atom. The molecule has 0 aliphatic heterocycles. The Balaban J connectivity index is 1.17. The van der Waals surface area contributed by atoms with Crippen LogP contribution in [-0.4, -0.2) is 9.97 Å². The summed E-state index contributed by atoms with van der Waals surface area (Å²) in [6, 6.07) is 54.4. The highest BCUT2D eigenvalue weighted by molar-refractivity contribution is 6.09. The fourth-order valence-electron chi connectivity index (χ4n) is 5.74. The normalized spacial score (nSPS) is 11.3. The van der Waals surface area contributed by atoms with Gasteiger partial charge in [-0.05, 0) is 34.9 Å². The van der Waals surface area contributed by atoms with E-state index < -0.39 is 0 Å². The SMILES string of the molecule is c1ccc(-c2cc(-c3ccccc3)nc(-c3ccc(-c4cccc(-c5cccc6c5oc5ccccc56)c4)cc3)n2)cc1. The van der Waals surface area contributed by atoms with Crippen molar-refractivity contribution < 1.29 is 4.42 Å².